The smallest absolute Gasteiger partial charge is 0.328 e. The Labute approximate surface area is 139 Å². The summed E-state index contributed by atoms with van der Waals surface area (Å²) in [5.74, 6) is -0.385. The number of anilines is 1. The van der Waals surface area contributed by atoms with Crippen molar-refractivity contribution in [3.63, 3.8) is 0 Å². The molecule has 0 aliphatic heterocycles. The summed E-state index contributed by atoms with van der Waals surface area (Å²) in [6.07, 6.45) is 2.39. The van der Waals surface area contributed by atoms with Crippen molar-refractivity contribution >= 4 is 40.3 Å². The van der Waals surface area contributed by atoms with Gasteiger partial charge in [0, 0.05) is 9.26 Å². The van der Waals surface area contributed by atoms with Crippen molar-refractivity contribution < 1.29 is 14.3 Å². The minimum Gasteiger partial charge on any atom is -0.464 e. The van der Waals surface area contributed by atoms with E-state index in [9.17, 15) is 9.59 Å². The van der Waals surface area contributed by atoms with Crippen LogP contribution in [-0.4, -0.2) is 24.6 Å². The van der Waals surface area contributed by atoms with E-state index in [2.05, 4.69) is 33.2 Å². The van der Waals surface area contributed by atoms with Gasteiger partial charge in [0.2, 0.25) is 0 Å². The zero-order valence-electron chi connectivity index (χ0n) is 12.3. The number of hydrogen-bond donors (Lipinski definition) is 2. The summed E-state index contributed by atoms with van der Waals surface area (Å²) in [7, 11) is 0. The maximum atomic E-state index is 11.9. The molecule has 0 aromatic heterocycles. The number of urea groups is 1. The van der Waals surface area contributed by atoms with Gasteiger partial charge in [-0.2, -0.15) is 0 Å². The van der Waals surface area contributed by atoms with Crippen molar-refractivity contribution in [1.29, 1.82) is 0 Å². The van der Waals surface area contributed by atoms with Gasteiger partial charge in [0.05, 0.1) is 6.61 Å². The van der Waals surface area contributed by atoms with Crippen LogP contribution in [-0.2, 0) is 9.53 Å². The molecule has 0 radical (unpaired) electrons. The Morgan fingerprint density at radius 2 is 1.90 bits per heavy atom. The summed E-state index contributed by atoms with van der Waals surface area (Å²) < 4.78 is 6.07. The summed E-state index contributed by atoms with van der Waals surface area (Å²) in [5, 5.41) is 5.38. The monoisotopic (exact) mass is 404 g/mol. The van der Waals surface area contributed by atoms with Gasteiger partial charge in [0.1, 0.15) is 6.04 Å². The van der Waals surface area contributed by atoms with Crippen molar-refractivity contribution in [2.45, 2.75) is 39.2 Å². The highest BCUT2D eigenvalue weighted by Gasteiger charge is 2.21. The lowest BCUT2D eigenvalue weighted by molar-refractivity contribution is -0.145. The fraction of sp³-hybridized carbons (Fsp3) is 0.467. The molecule has 0 saturated carbocycles. The van der Waals surface area contributed by atoms with E-state index in [1.165, 1.54) is 0 Å². The molecule has 2 amide bonds. The third-order valence-corrected chi connectivity index (χ3v) is 3.54. The first kappa shape index (κ1) is 17.7. The van der Waals surface area contributed by atoms with Crippen LogP contribution in [0.25, 0.3) is 0 Å². The number of benzene rings is 1. The molecule has 0 aliphatic carbocycles. The van der Waals surface area contributed by atoms with Gasteiger partial charge in [-0.1, -0.05) is 19.8 Å². The average molecular weight is 404 g/mol. The van der Waals surface area contributed by atoms with E-state index in [0.717, 1.165) is 16.4 Å². The predicted octanol–water partition coefficient (Wildman–Crippen LogP) is 3.53. The molecule has 1 rings (SSSR count). The van der Waals surface area contributed by atoms with Gasteiger partial charge in [-0.3, -0.25) is 0 Å². The van der Waals surface area contributed by atoms with Gasteiger partial charge in [-0.25, -0.2) is 9.59 Å². The fourth-order valence-corrected chi connectivity index (χ4v) is 2.12. The quantitative estimate of drug-likeness (QED) is 0.540. The Bertz CT molecular complexity index is 462. The zero-order valence-corrected chi connectivity index (χ0v) is 14.5. The molecule has 1 aromatic rings. The standard InChI is InChI=1S/C15H21IN2O3/c1-3-5-6-13(14(19)21-4-2)18-15(20)17-12-9-7-11(16)8-10-12/h7-10,13H,3-6H2,1-2H3,(H2,17,18,20). The molecule has 116 valence electrons. The highest BCUT2D eigenvalue weighted by molar-refractivity contribution is 14.1. The number of esters is 1. The van der Waals surface area contributed by atoms with Crippen molar-refractivity contribution in [2.75, 3.05) is 11.9 Å². The second kappa shape index (κ2) is 9.59. The molecule has 6 heteroatoms. The van der Waals surface area contributed by atoms with Crippen LogP contribution >= 0.6 is 22.6 Å². The normalized spacial score (nSPS) is 11.6. The molecular formula is C15H21IN2O3. The van der Waals surface area contributed by atoms with E-state index < -0.39 is 12.1 Å². The van der Waals surface area contributed by atoms with Gasteiger partial charge in [0.15, 0.2) is 0 Å². The summed E-state index contributed by atoms with van der Waals surface area (Å²) in [6.45, 7) is 4.09. The topological polar surface area (TPSA) is 67.4 Å². The second-order valence-corrected chi connectivity index (χ2v) is 5.80. The lowest BCUT2D eigenvalue weighted by atomic mass is 10.1. The maximum Gasteiger partial charge on any atom is 0.328 e. The Balaban J connectivity index is 2.57. The molecule has 0 fully saturated rings. The Morgan fingerprint density at radius 3 is 2.48 bits per heavy atom. The molecule has 0 bridgehead atoms. The lowest BCUT2D eigenvalue weighted by Crippen LogP contribution is -2.43. The van der Waals surface area contributed by atoms with Crippen LogP contribution in [0.4, 0.5) is 10.5 Å². The van der Waals surface area contributed by atoms with E-state index in [-0.39, 0.29) is 5.97 Å². The maximum absolute atomic E-state index is 11.9. The highest BCUT2D eigenvalue weighted by Crippen LogP contribution is 2.11. The highest BCUT2D eigenvalue weighted by atomic mass is 127. The molecule has 21 heavy (non-hydrogen) atoms. The number of ether oxygens (including phenoxy) is 1. The SMILES string of the molecule is CCCCC(NC(=O)Nc1ccc(I)cc1)C(=O)OCC. The number of amides is 2. The Hall–Kier alpha value is -1.31. The van der Waals surface area contributed by atoms with Gasteiger partial charge in [0.25, 0.3) is 0 Å². The molecule has 5 nitrogen and oxygen atoms in total. The first-order chi connectivity index (χ1) is 10.1. The van der Waals surface area contributed by atoms with E-state index >= 15 is 0 Å². The van der Waals surface area contributed by atoms with Crippen LogP contribution in [0, 0.1) is 3.57 Å². The number of carbonyl (C=O) groups excluding carboxylic acids is 2. The van der Waals surface area contributed by atoms with Crippen LogP contribution in [0.2, 0.25) is 0 Å². The van der Waals surface area contributed by atoms with Crippen LogP contribution in [0.1, 0.15) is 33.1 Å². The summed E-state index contributed by atoms with van der Waals surface area (Å²) in [5.41, 5.74) is 0.686. The average Bonchev–Trinajstić information content (AvgIpc) is 2.46. The number of rotatable bonds is 7. The molecule has 1 atom stereocenters. The predicted molar refractivity (Wildman–Crippen MR) is 91.3 cm³/mol. The molecule has 0 aliphatic rings. The minimum atomic E-state index is -0.603. The molecule has 1 aromatic carbocycles. The number of nitrogens with one attached hydrogen (secondary N) is 2. The molecule has 1 unspecified atom stereocenters. The third-order valence-electron chi connectivity index (χ3n) is 2.82. The first-order valence-corrected chi connectivity index (χ1v) is 8.14. The zero-order chi connectivity index (χ0) is 15.7. The minimum absolute atomic E-state index is 0.307. The second-order valence-electron chi connectivity index (χ2n) is 4.55. The van der Waals surface area contributed by atoms with E-state index in [1.807, 2.05) is 31.2 Å². The number of hydrogen-bond acceptors (Lipinski definition) is 3. The van der Waals surface area contributed by atoms with Crippen molar-refractivity contribution in [3.05, 3.63) is 27.8 Å². The number of carbonyl (C=O) groups is 2. The molecule has 0 spiro atoms. The fourth-order valence-electron chi connectivity index (χ4n) is 1.76. The van der Waals surface area contributed by atoms with Crippen molar-refractivity contribution in [2.24, 2.45) is 0 Å². The number of unbranched alkanes of at least 4 members (excludes halogenated alkanes) is 1. The molecular weight excluding hydrogens is 383 g/mol. The van der Waals surface area contributed by atoms with Crippen LogP contribution < -0.4 is 10.6 Å². The lowest BCUT2D eigenvalue weighted by Gasteiger charge is -2.17. The van der Waals surface area contributed by atoms with Crippen LogP contribution in [0.3, 0.4) is 0 Å². The van der Waals surface area contributed by atoms with Crippen LogP contribution in [0.15, 0.2) is 24.3 Å². The summed E-state index contributed by atoms with van der Waals surface area (Å²) in [4.78, 5) is 23.8. The Kier molecular flexibility index (Phi) is 8.11. The summed E-state index contributed by atoms with van der Waals surface area (Å²) in [6, 6.07) is 6.42. The molecule has 0 saturated heterocycles. The van der Waals surface area contributed by atoms with Crippen LogP contribution in [0.5, 0.6) is 0 Å². The van der Waals surface area contributed by atoms with Gasteiger partial charge in [-0.05, 0) is 60.2 Å². The third kappa shape index (κ3) is 6.79. The van der Waals surface area contributed by atoms with E-state index in [4.69, 9.17) is 4.74 Å². The van der Waals surface area contributed by atoms with Crippen molar-refractivity contribution in [1.82, 2.24) is 5.32 Å². The summed E-state index contributed by atoms with van der Waals surface area (Å²) >= 11 is 2.19. The first-order valence-electron chi connectivity index (χ1n) is 7.06. The molecule has 0 heterocycles. The molecule has 2 N–H and O–H groups in total. The van der Waals surface area contributed by atoms with Gasteiger partial charge in [-0.15, -0.1) is 0 Å². The van der Waals surface area contributed by atoms with E-state index in [0.29, 0.717) is 18.7 Å². The largest absolute Gasteiger partial charge is 0.464 e. The van der Waals surface area contributed by atoms with Gasteiger partial charge >= 0.3 is 12.0 Å². The number of halogens is 1. The van der Waals surface area contributed by atoms with Gasteiger partial charge < -0.3 is 15.4 Å². The van der Waals surface area contributed by atoms with Crippen molar-refractivity contribution in [3.8, 4) is 0 Å². The van der Waals surface area contributed by atoms with E-state index in [1.54, 1.807) is 6.92 Å². The Morgan fingerprint density at radius 1 is 1.24 bits per heavy atom.